The molecule has 28 heavy (non-hydrogen) atoms. The zero-order valence-corrected chi connectivity index (χ0v) is 15.6. The van der Waals surface area contributed by atoms with Crippen LogP contribution in [0.15, 0.2) is 48.5 Å². The summed E-state index contributed by atoms with van der Waals surface area (Å²) in [6, 6.07) is 10.3. The third-order valence-electron chi connectivity index (χ3n) is 3.97. The van der Waals surface area contributed by atoms with Crippen LogP contribution in [0, 0.1) is 17.6 Å². The minimum absolute atomic E-state index is 0.223. The zero-order valence-electron chi connectivity index (χ0n) is 15.6. The van der Waals surface area contributed by atoms with E-state index in [0.29, 0.717) is 24.5 Å². The van der Waals surface area contributed by atoms with Crippen molar-refractivity contribution >= 4 is 23.4 Å². The van der Waals surface area contributed by atoms with Crippen molar-refractivity contribution in [2.75, 3.05) is 23.7 Å². The molecule has 4 amide bonds. The van der Waals surface area contributed by atoms with Gasteiger partial charge in [0.15, 0.2) is 0 Å². The number of benzene rings is 2. The standard InChI is InChI=1S/C20H24F2N4O2/c1-14(13-24-20(28)26-18-10-6-16(22)7-11-18)3-2-12-23-19(27)25-17-8-4-15(21)5-9-17/h4-11,14H,2-3,12-13H2,1H3,(H2,23,25,27)(H2,24,26,28). The second kappa shape index (κ2) is 10.9. The number of nitrogens with one attached hydrogen (secondary N) is 4. The van der Waals surface area contributed by atoms with Gasteiger partial charge in [-0.1, -0.05) is 6.92 Å². The van der Waals surface area contributed by atoms with Crippen LogP contribution in [0.3, 0.4) is 0 Å². The molecule has 0 heterocycles. The summed E-state index contributed by atoms with van der Waals surface area (Å²) in [4.78, 5) is 23.6. The first-order valence-corrected chi connectivity index (χ1v) is 9.03. The first kappa shape index (κ1) is 21.1. The average molecular weight is 390 g/mol. The molecule has 0 aliphatic heterocycles. The molecule has 1 atom stereocenters. The minimum atomic E-state index is -0.362. The van der Waals surface area contributed by atoms with E-state index >= 15 is 0 Å². The van der Waals surface area contributed by atoms with Crippen LogP contribution < -0.4 is 21.3 Å². The lowest BCUT2D eigenvalue weighted by Gasteiger charge is -2.14. The first-order valence-electron chi connectivity index (χ1n) is 9.03. The Kier molecular flexibility index (Phi) is 8.20. The Morgan fingerprint density at radius 1 is 0.821 bits per heavy atom. The smallest absolute Gasteiger partial charge is 0.319 e. The van der Waals surface area contributed by atoms with Crippen molar-refractivity contribution < 1.29 is 18.4 Å². The van der Waals surface area contributed by atoms with Gasteiger partial charge in [0, 0.05) is 24.5 Å². The van der Waals surface area contributed by atoms with Gasteiger partial charge in [-0.25, -0.2) is 18.4 Å². The predicted octanol–water partition coefficient (Wildman–Crippen LogP) is 4.32. The fourth-order valence-electron chi connectivity index (χ4n) is 2.44. The minimum Gasteiger partial charge on any atom is -0.338 e. The molecule has 0 saturated carbocycles. The quantitative estimate of drug-likeness (QED) is 0.506. The van der Waals surface area contributed by atoms with Crippen molar-refractivity contribution in [2.45, 2.75) is 19.8 Å². The number of amides is 4. The van der Waals surface area contributed by atoms with Gasteiger partial charge in [0.05, 0.1) is 0 Å². The van der Waals surface area contributed by atoms with E-state index in [0.717, 1.165) is 12.8 Å². The number of rotatable bonds is 8. The van der Waals surface area contributed by atoms with Gasteiger partial charge < -0.3 is 21.3 Å². The van der Waals surface area contributed by atoms with Crippen LogP contribution in [0.2, 0.25) is 0 Å². The number of carbonyl (C=O) groups is 2. The summed E-state index contributed by atoms with van der Waals surface area (Å²) in [5, 5.41) is 10.7. The molecule has 1 unspecified atom stereocenters. The molecule has 8 heteroatoms. The van der Waals surface area contributed by atoms with Gasteiger partial charge in [-0.05, 0) is 67.3 Å². The first-order chi connectivity index (χ1) is 13.4. The molecule has 0 aliphatic carbocycles. The maximum atomic E-state index is 12.8. The molecule has 0 aromatic heterocycles. The van der Waals surface area contributed by atoms with Gasteiger partial charge in [-0.15, -0.1) is 0 Å². The van der Waals surface area contributed by atoms with Gasteiger partial charge in [-0.3, -0.25) is 0 Å². The third kappa shape index (κ3) is 8.03. The van der Waals surface area contributed by atoms with Crippen molar-refractivity contribution in [2.24, 2.45) is 5.92 Å². The Hall–Kier alpha value is -3.16. The van der Waals surface area contributed by atoms with Crippen molar-refractivity contribution in [3.05, 3.63) is 60.2 Å². The fraction of sp³-hybridized carbons (Fsp3) is 0.300. The number of carbonyl (C=O) groups excluding carboxylic acids is 2. The van der Waals surface area contributed by atoms with Crippen molar-refractivity contribution in [3.8, 4) is 0 Å². The molecule has 0 spiro atoms. The number of halogens is 2. The predicted molar refractivity (Wildman–Crippen MR) is 105 cm³/mol. The van der Waals surface area contributed by atoms with E-state index in [1.54, 1.807) is 0 Å². The Balaban J connectivity index is 1.56. The number of anilines is 2. The molecular weight excluding hydrogens is 366 g/mol. The lowest BCUT2D eigenvalue weighted by atomic mass is 10.1. The summed E-state index contributed by atoms with van der Waals surface area (Å²) in [7, 11) is 0. The normalized spacial score (nSPS) is 11.4. The maximum absolute atomic E-state index is 12.8. The molecule has 2 aromatic carbocycles. The molecule has 0 bridgehead atoms. The van der Waals surface area contributed by atoms with E-state index in [-0.39, 0.29) is 29.6 Å². The Bertz CT molecular complexity index is 767. The average Bonchev–Trinajstić information content (AvgIpc) is 2.67. The topological polar surface area (TPSA) is 82.3 Å². The third-order valence-corrected chi connectivity index (χ3v) is 3.97. The van der Waals surface area contributed by atoms with Gasteiger partial charge >= 0.3 is 12.1 Å². The second-order valence-corrected chi connectivity index (χ2v) is 6.48. The van der Waals surface area contributed by atoms with E-state index in [1.165, 1.54) is 48.5 Å². The Labute approximate surface area is 162 Å². The van der Waals surface area contributed by atoms with Gasteiger partial charge in [-0.2, -0.15) is 0 Å². The molecule has 0 radical (unpaired) electrons. The van der Waals surface area contributed by atoms with E-state index in [1.807, 2.05) is 6.92 Å². The van der Waals surface area contributed by atoms with Gasteiger partial charge in [0.2, 0.25) is 0 Å². The van der Waals surface area contributed by atoms with Crippen LogP contribution in [0.5, 0.6) is 0 Å². The molecule has 4 N–H and O–H groups in total. The molecule has 6 nitrogen and oxygen atoms in total. The Morgan fingerprint density at radius 3 is 1.79 bits per heavy atom. The van der Waals surface area contributed by atoms with Crippen molar-refractivity contribution in [1.29, 1.82) is 0 Å². The van der Waals surface area contributed by atoms with Crippen LogP contribution in [0.4, 0.5) is 29.7 Å². The summed E-state index contributed by atoms with van der Waals surface area (Å²) in [5.74, 6) is -0.500. The number of hydrogen-bond acceptors (Lipinski definition) is 2. The van der Waals surface area contributed by atoms with Crippen LogP contribution in [0.1, 0.15) is 19.8 Å². The molecule has 2 aromatic rings. The lowest BCUT2D eigenvalue weighted by molar-refractivity contribution is 0.250. The summed E-state index contributed by atoms with van der Waals surface area (Å²) in [6.45, 7) is 2.96. The lowest BCUT2D eigenvalue weighted by Crippen LogP contribution is -2.33. The Morgan fingerprint density at radius 2 is 1.29 bits per heavy atom. The molecule has 0 fully saturated rings. The highest BCUT2D eigenvalue weighted by atomic mass is 19.1. The second-order valence-electron chi connectivity index (χ2n) is 6.48. The van der Waals surface area contributed by atoms with Crippen LogP contribution in [0.25, 0.3) is 0 Å². The summed E-state index contributed by atoms with van der Waals surface area (Å²) in [6.07, 6.45) is 1.56. The van der Waals surface area contributed by atoms with Crippen LogP contribution in [-0.2, 0) is 0 Å². The highest BCUT2D eigenvalue weighted by Gasteiger charge is 2.07. The fourth-order valence-corrected chi connectivity index (χ4v) is 2.44. The molecular formula is C20H24F2N4O2. The van der Waals surface area contributed by atoms with Crippen molar-refractivity contribution in [1.82, 2.24) is 10.6 Å². The summed E-state index contributed by atoms with van der Waals surface area (Å²) >= 11 is 0. The molecule has 150 valence electrons. The van der Waals surface area contributed by atoms with Crippen molar-refractivity contribution in [3.63, 3.8) is 0 Å². The van der Waals surface area contributed by atoms with Crippen LogP contribution >= 0.6 is 0 Å². The highest BCUT2D eigenvalue weighted by Crippen LogP contribution is 2.09. The zero-order chi connectivity index (χ0) is 20.4. The molecule has 0 saturated heterocycles. The van der Waals surface area contributed by atoms with E-state index < -0.39 is 0 Å². The van der Waals surface area contributed by atoms with Gasteiger partial charge in [0.1, 0.15) is 11.6 Å². The molecule has 0 aliphatic rings. The van der Waals surface area contributed by atoms with E-state index in [4.69, 9.17) is 0 Å². The number of urea groups is 2. The summed E-state index contributed by atoms with van der Waals surface area (Å²) in [5.41, 5.74) is 1.03. The summed E-state index contributed by atoms with van der Waals surface area (Å²) < 4.78 is 25.6. The van der Waals surface area contributed by atoms with Crippen LogP contribution in [-0.4, -0.2) is 25.2 Å². The molecule has 2 rings (SSSR count). The SMILES string of the molecule is CC(CCCNC(=O)Nc1ccc(F)cc1)CNC(=O)Nc1ccc(F)cc1. The maximum Gasteiger partial charge on any atom is 0.319 e. The van der Waals surface area contributed by atoms with E-state index in [2.05, 4.69) is 21.3 Å². The largest absolute Gasteiger partial charge is 0.338 e. The number of hydrogen-bond donors (Lipinski definition) is 4. The highest BCUT2D eigenvalue weighted by molar-refractivity contribution is 5.89. The van der Waals surface area contributed by atoms with Gasteiger partial charge in [0.25, 0.3) is 0 Å². The monoisotopic (exact) mass is 390 g/mol. The van der Waals surface area contributed by atoms with E-state index in [9.17, 15) is 18.4 Å².